The fourth-order valence-electron chi connectivity index (χ4n) is 4.00. The number of nitrogens with zero attached hydrogens (tertiary/aromatic N) is 4. The van der Waals surface area contributed by atoms with Gasteiger partial charge in [0, 0.05) is 25.8 Å². The molecule has 2 aromatic carbocycles. The van der Waals surface area contributed by atoms with Gasteiger partial charge in [0.25, 0.3) is 11.2 Å². The third kappa shape index (κ3) is 4.40. The molecule has 0 spiro atoms. The van der Waals surface area contributed by atoms with E-state index in [-0.39, 0.29) is 22.3 Å². The molecule has 1 aromatic heterocycles. The van der Waals surface area contributed by atoms with E-state index in [1.165, 1.54) is 22.8 Å². The topological polar surface area (TPSA) is 130 Å². The van der Waals surface area contributed by atoms with Crippen molar-refractivity contribution < 1.29 is 19.6 Å². The summed E-state index contributed by atoms with van der Waals surface area (Å²) in [5.41, 5.74) is 1.26. The van der Waals surface area contributed by atoms with Gasteiger partial charge < -0.3 is 14.7 Å². The van der Waals surface area contributed by atoms with Gasteiger partial charge in [-0.2, -0.15) is 0 Å². The van der Waals surface area contributed by atoms with Gasteiger partial charge >= 0.3 is 5.97 Å². The Labute approximate surface area is 209 Å². The van der Waals surface area contributed by atoms with Crippen LogP contribution in [0.5, 0.6) is 5.75 Å². The summed E-state index contributed by atoms with van der Waals surface area (Å²) in [6.07, 6.45) is 1.33. The van der Waals surface area contributed by atoms with E-state index in [0.717, 1.165) is 23.1 Å². The maximum absolute atomic E-state index is 13.6. The van der Waals surface area contributed by atoms with E-state index in [1.54, 1.807) is 13.8 Å². The number of carbonyl (C=O) groups excluding carboxylic acids is 1. The molecule has 1 aliphatic heterocycles. The Morgan fingerprint density at radius 3 is 2.56 bits per heavy atom. The van der Waals surface area contributed by atoms with Gasteiger partial charge in [0.15, 0.2) is 4.80 Å². The molecular formula is C25H23N4O6S-. The number of para-hydroxylation sites is 1. The molecule has 186 valence electrons. The monoisotopic (exact) mass is 507 g/mol. The number of nitro groups is 1. The lowest BCUT2D eigenvalue weighted by Gasteiger charge is -2.25. The first-order valence-electron chi connectivity index (χ1n) is 11.1. The zero-order chi connectivity index (χ0) is 26.1. The number of anilines is 1. The summed E-state index contributed by atoms with van der Waals surface area (Å²) in [6, 6.07) is 10.6. The molecule has 0 saturated heterocycles. The predicted molar refractivity (Wildman–Crippen MR) is 134 cm³/mol. The highest BCUT2D eigenvalue weighted by atomic mass is 32.1. The number of carbonyl (C=O) groups is 1. The summed E-state index contributed by atoms with van der Waals surface area (Å²) in [6.45, 7) is 3.54. The van der Waals surface area contributed by atoms with Crippen LogP contribution in [0.25, 0.3) is 6.08 Å². The first-order valence-corrected chi connectivity index (χ1v) is 11.9. The Hall–Kier alpha value is -4.25. The highest BCUT2D eigenvalue weighted by Gasteiger charge is 2.33. The van der Waals surface area contributed by atoms with Crippen LogP contribution >= 0.6 is 11.3 Å². The molecule has 10 nitrogen and oxygen atoms in total. The maximum atomic E-state index is 13.6. The number of thiazole rings is 1. The molecule has 0 aliphatic carbocycles. The predicted octanol–water partition coefficient (Wildman–Crippen LogP) is 1.85. The van der Waals surface area contributed by atoms with Gasteiger partial charge in [0.1, 0.15) is 0 Å². The third-order valence-corrected chi connectivity index (χ3v) is 6.73. The minimum atomic E-state index is -0.796. The number of ether oxygens (including phenoxy) is 1. The number of allylic oxidation sites excluding steroid dienone is 1. The van der Waals surface area contributed by atoms with Gasteiger partial charge in [0.2, 0.25) is 0 Å². The van der Waals surface area contributed by atoms with Crippen LogP contribution in [0.15, 0.2) is 63.5 Å². The molecule has 1 aliphatic rings. The van der Waals surface area contributed by atoms with Crippen LogP contribution in [0.4, 0.5) is 11.4 Å². The molecule has 0 radical (unpaired) electrons. The van der Waals surface area contributed by atoms with E-state index in [2.05, 4.69) is 4.99 Å². The minimum absolute atomic E-state index is 0.0164. The van der Waals surface area contributed by atoms with Crippen molar-refractivity contribution in [1.29, 1.82) is 0 Å². The number of aromatic nitrogens is 1. The van der Waals surface area contributed by atoms with Gasteiger partial charge in [-0.15, -0.1) is 0 Å². The van der Waals surface area contributed by atoms with Gasteiger partial charge in [-0.3, -0.25) is 19.5 Å². The molecule has 0 unspecified atom stereocenters. The van der Waals surface area contributed by atoms with E-state index in [0.29, 0.717) is 16.1 Å². The lowest BCUT2D eigenvalue weighted by Crippen LogP contribution is -2.40. The van der Waals surface area contributed by atoms with Crippen LogP contribution < -0.4 is 24.9 Å². The Bertz CT molecular complexity index is 1570. The lowest BCUT2D eigenvalue weighted by molar-refractivity contribution is -0.398. The molecule has 0 fully saturated rings. The van der Waals surface area contributed by atoms with E-state index in [1.807, 2.05) is 43.3 Å². The number of rotatable bonds is 6. The molecule has 0 bridgehead atoms. The van der Waals surface area contributed by atoms with Crippen molar-refractivity contribution in [1.82, 2.24) is 4.57 Å². The molecule has 0 saturated carbocycles. The number of hydrogen-bond donors (Lipinski definition) is 0. The number of nitro benzene ring substituents is 1. The molecule has 36 heavy (non-hydrogen) atoms. The number of hydrogen-bond acceptors (Lipinski definition) is 9. The summed E-state index contributed by atoms with van der Waals surface area (Å²) < 4.78 is 6.86. The second kappa shape index (κ2) is 9.78. The normalized spacial score (nSPS) is 15.3. The van der Waals surface area contributed by atoms with Gasteiger partial charge in [-0.1, -0.05) is 35.6 Å². The quantitative estimate of drug-likeness (QED) is 0.283. The van der Waals surface area contributed by atoms with Crippen LogP contribution in [0, 0.1) is 10.1 Å². The largest absolute Gasteiger partial charge is 0.867 e. The van der Waals surface area contributed by atoms with E-state index < -0.39 is 33.9 Å². The van der Waals surface area contributed by atoms with Crippen LogP contribution in [-0.4, -0.2) is 36.2 Å². The van der Waals surface area contributed by atoms with Crippen LogP contribution in [0.1, 0.15) is 31.0 Å². The third-order valence-electron chi connectivity index (χ3n) is 5.75. The molecule has 3 aromatic rings. The van der Waals surface area contributed by atoms with Crippen LogP contribution in [-0.2, 0) is 9.53 Å². The smallest absolute Gasteiger partial charge is 0.338 e. The minimum Gasteiger partial charge on any atom is -0.867 e. The van der Waals surface area contributed by atoms with Crippen LogP contribution in [0.3, 0.4) is 0 Å². The Balaban J connectivity index is 1.95. The molecule has 0 N–H and O–H groups in total. The van der Waals surface area contributed by atoms with Crippen LogP contribution in [0.2, 0.25) is 0 Å². The summed E-state index contributed by atoms with van der Waals surface area (Å²) in [4.78, 5) is 43.7. The second-order valence-corrected chi connectivity index (χ2v) is 9.25. The van der Waals surface area contributed by atoms with E-state index in [9.17, 15) is 24.8 Å². The van der Waals surface area contributed by atoms with Crippen molar-refractivity contribution in [2.24, 2.45) is 4.99 Å². The zero-order valence-corrected chi connectivity index (χ0v) is 20.9. The number of fused-ring (bicyclic) bond motifs is 1. The number of benzene rings is 2. The van der Waals surface area contributed by atoms with E-state index in [4.69, 9.17) is 4.74 Å². The SMILES string of the molecule is CCOC(=O)C1=C(C)N=c2s/c(=C/c3cccc([N+](=O)[O-])c3[O-])c(=O)n2[C@H]1c1ccc(N(C)C)cc1. The molecule has 11 heteroatoms. The summed E-state index contributed by atoms with van der Waals surface area (Å²) >= 11 is 1.04. The highest BCUT2D eigenvalue weighted by molar-refractivity contribution is 7.07. The first-order chi connectivity index (χ1) is 17.1. The lowest BCUT2D eigenvalue weighted by atomic mass is 9.95. The van der Waals surface area contributed by atoms with Crippen molar-refractivity contribution in [3.63, 3.8) is 0 Å². The molecule has 2 heterocycles. The summed E-state index contributed by atoms with van der Waals surface area (Å²) in [5.74, 6) is -1.36. The average Bonchev–Trinajstić information content (AvgIpc) is 3.13. The Morgan fingerprint density at radius 1 is 1.25 bits per heavy atom. The van der Waals surface area contributed by atoms with Gasteiger partial charge in [-0.05, 0) is 48.9 Å². The van der Waals surface area contributed by atoms with E-state index >= 15 is 0 Å². The van der Waals surface area contributed by atoms with Crippen molar-refractivity contribution in [3.8, 4) is 5.75 Å². The van der Waals surface area contributed by atoms with Crippen molar-refractivity contribution >= 4 is 34.8 Å². The fourth-order valence-corrected chi connectivity index (χ4v) is 5.04. The second-order valence-electron chi connectivity index (χ2n) is 8.24. The average molecular weight is 508 g/mol. The number of esters is 1. The molecular weight excluding hydrogens is 484 g/mol. The Kier molecular flexibility index (Phi) is 6.75. The molecule has 1 atom stereocenters. The standard InChI is InChI=1S/C25H24N4O6S/c1-5-35-24(32)20-14(2)26-25-28(21(20)15-9-11-17(12-10-15)27(3)4)23(31)19(36-25)13-16-7-6-8-18(22(16)30)29(33)34/h6-13,21,30H,5H2,1-4H3/p-1/b19-13+/t21-/m0/s1. The van der Waals surface area contributed by atoms with Crippen molar-refractivity contribution in [2.75, 3.05) is 25.6 Å². The highest BCUT2D eigenvalue weighted by Crippen LogP contribution is 2.32. The van der Waals surface area contributed by atoms with Gasteiger partial charge in [0.05, 0.1) is 33.4 Å². The maximum Gasteiger partial charge on any atom is 0.338 e. The molecule has 4 rings (SSSR count). The molecule has 0 amide bonds. The fraction of sp³-hybridized carbons (Fsp3) is 0.240. The zero-order valence-electron chi connectivity index (χ0n) is 20.0. The van der Waals surface area contributed by atoms with Crippen molar-refractivity contribution in [2.45, 2.75) is 19.9 Å². The Morgan fingerprint density at radius 2 is 1.94 bits per heavy atom. The first kappa shape index (κ1) is 24.9. The summed E-state index contributed by atoms with van der Waals surface area (Å²) in [7, 11) is 3.81. The van der Waals surface area contributed by atoms with Crippen molar-refractivity contribution in [3.05, 3.63) is 94.7 Å². The summed E-state index contributed by atoms with van der Waals surface area (Å²) in [5, 5.41) is 23.7. The van der Waals surface area contributed by atoms with Gasteiger partial charge in [-0.25, -0.2) is 9.79 Å².